The van der Waals surface area contributed by atoms with Crippen LogP contribution in [0.2, 0.25) is 0 Å². The van der Waals surface area contributed by atoms with E-state index in [2.05, 4.69) is 72.8 Å². The molecule has 3 rings (SSSR count). The molecule has 5 heteroatoms. The number of fused-ring (bicyclic) bond motifs is 1. The molecule has 1 amide bonds. The number of benzene rings is 1. The number of hydrogen-bond acceptors (Lipinski definition) is 3. The van der Waals surface area contributed by atoms with E-state index in [4.69, 9.17) is 0 Å². The van der Waals surface area contributed by atoms with E-state index >= 15 is 0 Å². The van der Waals surface area contributed by atoms with Gasteiger partial charge in [-0.25, -0.2) is 0 Å². The molecule has 0 spiro atoms. The maximum atomic E-state index is 12.3. The quantitative estimate of drug-likeness (QED) is 0.922. The number of carbonyl (C=O) groups is 1. The van der Waals surface area contributed by atoms with Crippen LogP contribution in [-0.4, -0.2) is 22.2 Å². The van der Waals surface area contributed by atoms with Crippen LogP contribution in [0, 0.1) is 19.3 Å². The van der Waals surface area contributed by atoms with Crippen molar-refractivity contribution in [2.45, 2.75) is 54.1 Å². The van der Waals surface area contributed by atoms with Crippen molar-refractivity contribution in [3.8, 4) is 0 Å². The van der Waals surface area contributed by atoms with Gasteiger partial charge in [-0.15, -0.1) is 0 Å². The summed E-state index contributed by atoms with van der Waals surface area (Å²) in [6.07, 6.45) is 2.38. The highest BCUT2D eigenvalue weighted by Gasteiger charge is 2.20. The summed E-state index contributed by atoms with van der Waals surface area (Å²) in [5.41, 5.74) is 5.59. The monoisotopic (exact) mass is 340 g/mol. The highest BCUT2D eigenvalue weighted by molar-refractivity contribution is 5.93. The lowest BCUT2D eigenvalue weighted by Crippen LogP contribution is -2.33. The molecule has 25 heavy (non-hydrogen) atoms. The maximum Gasteiger partial charge on any atom is 0.224 e. The zero-order chi connectivity index (χ0) is 18.2. The molecule has 1 N–H and O–H groups in total. The van der Waals surface area contributed by atoms with Crippen LogP contribution >= 0.6 is 0 Å². The fourth-order valence-corrected chi connectivity index (χ4v) is 3.39. The largest absolute Gasteiger partial charge is 0.364 e. The van der Waals surface area contributed by atoms with E-state index < -0.39 is 0 Å². The van der Waals surface area contributed by atoms with Crippen LogP contribution in [0.15, 0.2) is 24.4 Å². The van der Waals surface area contributed by atoms with Gasteiger partial charge in [-0.3, -0.25) is 9.48 Å². The van der Waals surface area contributed by atoms with E-state index in [0.29, 0.717) is 6.42 Å². The van der Waals surface area contributed by atoms with Gasteiger partial charge in [-0.2, -0.15) is 5.10 Å². The van der Waals surface area contributed by atoms with Gasteiger partial charge in [0.1, 0.15) is 0 Å². The first kappa shape index (κ1) is 17.5. The topological polar surface area (TPSA) is 50.2 Å². The van der Waals surface area contributed by atoms with E-state index in [0.717, 1.165) is 36.4 Å². The minimum Gasteiger partial charge on any atom is -0.364 e. The van der Waals surface area contributed by atoms with E-state index in [1.807, 2.05) is 6.20 Å². The van der Waals surface area contributed by atoms with Crippen molar-refractivity contribution < 1.29 is 4.79 Å². The van der Waals surface area contributed by atoms with E-state index in [1.54, 1.807) is 0 Å². The number of hydrogen-bond donors (Lipinski definition) is 1. The Balaban J connectivity index is 1.78. The molecule has 0 aliphatic carbocycles. The van der Waals surface area contributed by atoms with Gasteiger partial charge in [-0.05, 0) is 48.6 Å². The Morgan fingerprint density at radius 1 is 1.20 bits per heavy atom. The van der Waals surface area contributed by atoms with Gasteiger partial charge in [0.2, 0.25) is 5.91 Å². The van der Waals surface area contributed by atoms with Gasteiger partial charge in [0, 0.05) is 30.5 Å². The second kappa shape index (κ2) is 6.54. The number of nitrogens with one attached hydrogen (secondary N) is 1. The van der Waals surface area contributed by atoms with Crippen molar-refractivity contribution in [2.75, 3.05) is 16.8 Å². The highest BCUT2D eigenvalue weighted by Crippen LogP contribution is 2.30. The molecular formula is C20H28N4O. The van der Waals surface area contributed by atoms with Crippen LogP contribution in [-0.2, 0) is 17.9 Å². The summed E-state index contributed by atoms with van der Waals surface area (Å²) in [6, 6.07) is 6.42. The van der Waals surface area contributed by atoms with E-state index in [-0.39, 0.29) is 11.3 Å². The molecule has 134 valence electrons. The lowest BCUT2D eigenvalue weighted by Gasteiger charge is -2.30. The molecule has 0 bridgehead atoms. The first-order valence-corrected chi connectivity index (χ1v) is 8.90. The predicted molar refractivity (Wildman–Crippen MR) is 102 cm³/mol. The molecule has 2 aromatic rings. The average molecular weight is 340 g/mol. The first-order chi connectivity index (χ1) is 11.7. The molecule has 0 fully saturated rings. The summed E-state index contributed by atoms with van der Waals surface area (Å²) >= 11 is 0. The minimum absolute atomic E-state index is 0.0113. The molecule has 0 saturated heterocycles. The zero-order valence-electron chi connectivity index (χ0n) is 15.9. The SMILES string of the molecule is Cc1cc(N2CCn3nccc3C2)cc(C)c1NC(=O)CC(C)(C)C. The molecule has 0 unspecified atom stereocenters. The van der Waals surface area contributed by atoms with Gasteiger partial charge >= 0.3 is 0 Å². The minimum atomic E-state index is -0.0113. The van der Waals surface area contributed by atoms with Gasteiger partial charge in [0.25, 0.3) is 0 Å². The first-order valence-electron chi connectivity index (χ1n) is 8.90. The van der Waals surface area contributed by atoms with Crippen LogP contribution in [0.4, 0.5) is 11.4 Å². The molecule has 1 aromatic carbocycles. The van der Waals surface area contributed by atoms with Crippen LogP contribution in [0.25, 0.3) is 0 Å². The van der Waals surface area contributed by atoms with Crippen molar-refractivity contribution in [3.05, 3.63) is 41.2 Å². The number of nitrogens with zero attached hydrogens (tertiary/aromatic N) is 3. The highest BCUT2D eigenvalue weighted by atomic mass is 16.1. The number of anilines is 2. The second-order valence-electron chi connectivity index (χ2n) is 8.21. The van der Waals surface area contributed by atoms with E-state index in [1.165, 1.54) is 11.4 Å². The molecule has 1 aromatic heterocycles. The summed E-state index contributed by atoms with van der Waals surface area (Å²) in [7, 11) is 0. The van der Waals surface area contributed by atoms with Crippen molar-refractivity contribution in [2.24, 2.45) is 5.41 Å². The Morgan fingerprint density at radius 3 is 2.52 bits per heavy atom. The zero-order valence-corrected chi connectivity index (χ0v) is 15.9. The third-order valence-corrected chi connectivity index (χ3v) is 4.58. The predicted octanol–water partition coefficient (Wildman–Crippen LogP) is 3.89. The van der Waals surface area contributed by atoms with Gasteiger partial charge in [0.05, 0.1) is 18.8 Å². The standard InChI is InChI=1S/C20H28N4O/c1-14-10-17(23-8-9-24-16(13-23)6-7-21-24)11-15(2)19(14)22-18(25)12-20(3,4)5/h6-7,10-11H,8-9,12-13H2,1-5H3,(H,22,25). The molecule has 1 aliphatic rings. The molecular weight excluding hydrogens is 312 g/mol. The van der Waals surface area contributed by atoms with Crippen LogP contribution in [0.5, 0.6) is 0 Å². The number of rotatable bonds is 3. The molecule has 5 nitrogen and oxygen atoms in total. The number of aromatic nitrogens is 2. The summed E-state index contributed by atoms with van der Waals surface area (Å²) in [6.45, 7) is 13.1. The van der Waals surface area contributed by atoms with Crippen molar-refractivity contribution in [1.29, 1.82) is 0 Å². The van der Waals surface area contributed by atoms with Gasteiger partial charge in [-0.1, -0.05) is 20.8 Å². The Bertz CT molecular complexity index is 762. The van der Waals surface area contributed by atoms with Gasteiger partial charge in [0.15, 0.2) is 0 Å². The molecule has 0 radical (unpaired) electrons. The maximum absolute atomic E-state index is 12.3. The number of carbonyl (C=O) groups excluding carboxylic acids is 1. The van der Waals surface area contributed by atoms with Crippen LogP contribution in [0.3, 0.4) is 0 Å². The Morgan fingerprint density at radius 2 is 1.88 bits per heavy atom. The fourth-order valence-electron chi connectivity index (χ4n) is 3.39. The third kappa shape index (κ3) is 4.03. The fraction of sp³-hybridized carbons (Fsp3) is 0.500. The average Bonchev–Trinajstić information content (AvgIpc) is 2.96. The summed E-state index contributed by atoms with van der Waals surface area (Å²) < 4.78 is 2.07. The third-order valence-electron chi connectivity index (χ3n) is 4.58. The van der Waals surface area contributed by atoms with Crippen molar-refractivity contribution in [1.82, 2.24) is 9.78 Å². The molecule has 1 aliphatic heterocycles. The lowest BCUT2D eigenvalue weighted by atomic mass is 9.92. The Hall–Kier alpha value is -2.30. The Labute approximate surface area is 150 Å². The van der Waals surface area contributed by atoms with Gasteiger partial charge < -0.3 is 10.2 Å². The molecule has 0 atom stereocenters. The summed E-state index contributed by atoms with van der Waals surface area (Å²) in [5, 5.41) is 7.44. The number of aryl methyl sites for hydroxylation is 2. The Kier molecular flexibility index (Phi) is 4.58. The van der Waals surface area contributed by atoms with Crippen LogP contribution < -0.4 is 10.2 Å². The second-order valence-corrected chi connectivity index (χ2v) is 8.21. The van der Waals surface area contributed by atoms with E-state index in [9.17, 15) is 4.79 Å². The molecule has 0 saturated carbocycles. The summed E-state index contributed by atoms with van der Waals surface area (Å²) in [5.74, 6) is 0.0772. The van der Waals surface area contributed by atoms with Crippen LogP contribution in [0.1, 0.15) is 44.0 Å². The summed E-state index contributed by atoms with van der Waals surface area (Å²) in [4.78, 5) is 14.7. The molecule has 2 heterocycles. The van der Waals surface area contributed by atoms with Crippen molar-refractivity contribution in [3.63, 3.8) is 0 Å². The lowest BCUT2D eigenvalue weighted by molar-refractivity contribution is -0.117. The number of amides is 1. The van der Waals surface area contributed by atoms with Crippen molar-refractivity contribution >= 4 is 17.3 Å². The normalized spacial score (nSPS) is 14.4. The smallest absolute Gasteiger partial charge is 0.224 e.